The van der Waals surface area contributed by atoms with Crippen LogP contribution in [0, 0.1) is 0 Å². The van der Waals surface area contributed by atoms with E-state index in [9.17, 15) is 0 Å². The number of nitrogens with zero attached hydrogens (tertiary/aromatic N) is 7. The molecule has 1 fully saturated rings. The molecule has 0 bridgehead atoms. The Labute approximate surface area is 121 Å². The van der Waals surface area contributed by atoms with Crippen LogP contribution in [0.4, 0.5) is 0 Å². The molecule has 1 atom stereocenters. The van der Waals surface area contributed by atoms with E-state index in [4.69, 9.17) is 0 Å². The predicted octanol–water partition coefficient (Wildman–Crippen LogP) is 0.622. The first-order chi connectivity index (χ1) is 10.4. The summed E-state index contributed by atoms with van der Waals surface area (Å²) in [6.45, 7) is 2.76. The van der Waals surface area contributed by atoms with E-state index in [-0.39, 0.29) is 0 Å². The molecule has 0 amide bonds. The maximum absolute atomic E-state index is 4.46. The minimum absolute atomic E-state index is 0.413. The van der Waals surface area contributed by atoms with Crippen molar-refractivity contribution in [2.75, 3.05) is 13.1 Å². The van der Waals surface area contributed by atoms with Gasteiger partial charge in [-0.15, -0.1) is 5.10 Å². The molecule has 108 valence electrons. The van der Waals surface area contributed by atoms with Gasteiger partial charge in [0.2, 0.25) is 0 Å². The van der Waals surface area contributed by atoms with Gasteiger partial charge in [0.05, 0.1) is 6.54 Å². The lowest BCUT2D eigenvalue weighted by Gasteiger charge is -2.30. The van der Waals surface area contributed by atoms with E-state index in [0.717, 1.165) is 44.1 Å². The highest BCUT2D eigenvalue weighted by molar-refractivity contribution is 5.24. The zero-order chi connectivity index (χ0) is 14.1. The molecule has 4 heterocycles. The Morgan fingerprint density at radius 3 is 3.19 bits per heavy atom. The van der Waals surface area contributed by atoms with Crippen molar-refractivity contribution < 1.29 is 0 Å². The minimum Gasteiger partial charge on any atom is -0.295 e. The number of aromatic nitrogens is 7. The van der Waals surface area contributed by atoms with E-state index < -0.39 is 0 Å². The first-order valence-corrected chi connectivity index (χ1v) is 7.12. The zero-order valence-electron chi connectivity index (χ0n) is 11.6. The Morgan fingerprint density at radius 2 is 2.33 bits per heavy atom. The predicted molar refractivity (Wildman–Crippen MR) is 74.4 cm³/mol. The number of likely N-dealkylation sites (tertiary alicyclic amines) is 1. The van der Waals surface area contributed by atoms with Gasteiger partial charge in [-0.25, -0.2) is 14.5 Å². The monoisotopic (exact) mass is 284 g/mol. The molecule has 21 heavy (non-hydrogen) atoms. The normalized spacial score (nSPS) is 20.1. The van der Waals surface area contributed by atoms with Crippen LogP contribution < -0.4 is 0 Å². The van der Waals surface area contributed by atoms with Crippen LogP contribution in [0.5, 0.6) is 0 Å². The van der Waals surface area contributed by atoms with Gasteiger partial charge in [-0.3, -0.25) is 10.00 Å². The quantitative estimate of drug-likeness (QED) is 0.758. The van der Waals surface area contributed by atoms with Crippen molar-refractivity contribution in [2.24, 2.45) is 0 Å². The van der Waals surface area contributed by atoms with Gasteiger partial charge >= 0.3 is 0 Å². The third-order valence-electron chi connectivity index (χ3n) is 3.85. The van der Waals surface area contributed by atoms with Crippen LogP contribution in [-0.2, 0) is 6.54 Å². The van der Waals surface area contributed by atoms with Crippen molar-refractivity contribution in [3.8, 4) is 0 Å². The Bertz CT molecular complexity index is 686. The fourth-order valence-electron chi connectivity index (χ4n) is 2.88. The Kier molecular flexibility index (Phi) is 3.07. The molecular weight excluding hydrogens is 268 g/mol. The third kappa shape index (κ3) is 2.49. The molecule has 0 aliphatic carbocycles. The molecular formula is C13H16N8. The standard InChI is InChI=1S/C13H16N8/c1-3-10(12-15-9-16-18-12)7-20(5-1)8-11-17-13-14-4-2-6-21(13)19-11/h2,4,6,9-10H,1,3,5,7-8H2,(H,15,16,18)/t10-/m0/s1. The van der Waals surface area contributed by atoms with Crippen LogP contribution in [0.3, 0.4) is 0 Å². The highest BCUT2D eigenvalue weighted by Crippen LogP contribution is 2.24. The number of hydrogen-bond donors (Lipinski definition) is 1. The topological polar surface area (TPSA) is 87.9 Å². The van der Waals surface area contributed by atoms with Crippen molar-refractivity contribution in [2.45, 2.75) is 25.3 Å². The average Bonchev–Trinajstić information content (AvgIpc) is 3.16. The summed E-state index contributed by atoms with van der Waals surface area (Å²) >= 11 is 0. The third-order valence-corrected chi connectivity index (χ3v) is 3.85. The lowest BCUT2D eigenvalue weighted by atomic mass is 9.97. The molecule has 0 saturated carbocycles. The molecule has 0 radical (unpaired) electrons. The summed E-state index contributed by atoms with van der Waals surface area (Å²) in [4.78, 5) is 15.3. The number of H-pyrrole nitrogens is 1. The van der Waals surface area contributed by atoms with Crippen molar-refractivity contribution in [3.05, 3.63) is 36.4 Å². The molecule has 1 aliphatic rings. The van der Waals surface area contributed by atoms with Crippen molar-refractivity contribution in [1.82, 2.24) is 39.7 Å². The highest BCUT2D eigenvalue weighted by Gasteiger charge is 2.24. The van der Waals surface area contributed by atoms with E-state index in [0.29, 0.717) is 11.7 Å². The summed E-state index contributed by atoms with van der Waals surface area (Å²) in [5.74, 6) is 2.85. The Hall–Kier alpha value is -2.35. The van der Waals surface area contributed by atoms with Crippen LogP contribution in [0.1, 0.15) is 30.4 Å². The number of rotatable bonds is 3. The summed E-state index contributed by atoms with van der Waals surface area (Å²) in [7, 11) is 0. The van der Waals surface area contributed by atoms with Crippen LogP contribution in [0.15, 0.2) is 24.8 Å². The number of aromatic amines is 1. The smallest absolute Gasteiger partial charge is 0.252 e. The number of hydrogen-bond acceptors (Lipinski definition) is 6. The zero-order valence-corrected chi connectivity index (χ0v) is 11.6. The SMILES string of the molecule is c1cnc2nc(CN3CCC[C@H](c4ncn[nH]4)C3)nn2c1. The van der Waals surface area contributed by atoms with Crippen molar-refractivity contribution in [1.29, 1.82) is 0 Å². The lowest BCUT2D eigenvalue weighted by Crippen LogP contribution is -2.34. The van der Waals surface area contributed by atoms with E-state index >= 15 is 0 Å². The molecule has 8 nitrogen and oxygen atoms in total. The second-order valence-electron chi connectivity index (χ2n) is 5.34. The molecule has 4 rings (SSSR count). The maximum atomic E-state index is 4.46. The molecule has 3 aromatic heterocycles. The summed E-state index contributed by atoms with van der Waals surface area (Å²) in [6.07, 6.45) is 7.47. The molecule has 0 spiro atoms. The van der Waals surface area contributed by atoms with E-state index in [1.54, 1.807) is 17.0 Å². The van der Waals surface area contributed by atoms with Gasteiger partial charge in [-0.05, 0) is 25.5 Å². The van der Waals surface area contributed by atoms with E-state index in [1.807, 2.05) is 12.3 Å². The molecule has 0 unspecified atom stereocenters. The number of piperidine rings is 1. The van der Waals surface area contributed by atoms with Gasteiger partial charge in [0.1, 0.15) is 12.2 Å². The maximum Gasteiger partial charge on any atom is 0.252 e. The highest BCUT2D eigenvalue weighted by atomic mass is 15.3. The summed E-state index contributed by atoms with van der Waals surface area (Å²) in [6, 6.07) is 1.85. The van der Waals surface area contributed by atoms with E-state index in [1.165, 1.54) is 0 Å². The van der Waals surface area contributed by atoms with E-state index in [2.05, 4.69) is 35.1 Å². The summed E-state index contributed by atoms with van der Waals surface area (Å²) in [5, 5.41) is 11.4. The van der Waals surface area contributed by atoms with Gasteiger partial charge < -0.3 is 0 Å². The van der Waals surface area contributed by atoms with Crippen LogP contribution in [0.2, 0.25) is 0 Å². The molecule has 1 N–H and O–H groups in total. The largest absolute Gasteiger partial charge is 0.295 e. The molecule has 8 heteroatoms. The van der Waals surface area contributed by atoms with Crippen LogP contribution >= 0.6 is 0 Å². The number of nitrogens with one attached hydrogen (secondary N) is 1. The van der Waals surface area contributed by atoms with Gasteiger partial charge in [0.15, 0.2) is 5.82 Å². The molecule has 3 aromatic rings. The van der Waals surface area contributed by atoms with Crippen LogP contribution in [0.25, 0.3) is 5.78 Å². The molecule has 1 saturated heterocycles. The fourth-order valence-corrected chi connectivity index (χ4v) is 2.88. The summed E-state index contributed by atoms with van der Waals surface area (Å²) in [5.41, 5.74) is 0. The first kappa shape index (κ1) is 12.4. The fraction of sp³-hybridized carbons (Fsp3) is 0.462. The minimum atomic E-state index is 0.413. The average molecular weight is 284 g/mol. The Morgan fingerprint density at radius 1 is 1.33 bits per heavy atom. The Balaban J connectivity index is 1.48. The van der Waals surface area contributed by atoms with Gasteiger partial charge in [-0.1, -0.05) is 0 Å². The van der Waals surface area contributed by atoms with Gasteiger partial charge in [0.25, 0.3) is 5.78 Å². The van der Waals surface area contributed by atoms with Crippen LogP contribution in [-0.4, -0.2) is 52.8 Å². The second kappa shape index (κ2) is 5.21. The number of fused-ring (bicyclic) bond motifs is 1. The second-order valence-corrected chi connectivity index (χ2v) is 5.34. The molecule has 1 aliphatic heterocycles. The van der Waals surface area contributed by atoms with Crippen molar-refractivity contribution >= 4 is 5.78 Å². The van der Waals surface area contributed by atoms with Crippen molar-refractivity contribution in [3.63, 3.8) is 0 Å². The lowest BCUT2D eigenvalue weighted by molar-refractivity contribution is 0.192. The van der Waals surface area contributed by atoms with Gasteiger partial charge in [-0.2, -0.15) is 10.1 Å². The summed E-state index contributed by atoms with van der Waals surface area (Å²) < 4.78 is 1.72. The first-order valence-electron chi connectivity index (χ1n) is 7.12. The van der Waals surface area contributed by atoms with Gasteiger partial charge in [0, 0.05) is 24.9 Å². The molecule has 0 aromatic carbocycles.